The van der Waals surface area contributed by atoms with Gasteiger partial charge in [0.05, 0.1) is 0 Å². The van der Waals surface area contributed by atoms with E-state index in [9.17, 15) is 17.6 Å². The zero-order valence-electron chi connectivity index (χ0n) is 13.5. The summed E-state index contributed by atoms with van der Waals surface area (Å²) in [6.45, 7) is 0.0364. The van der Waals surface area contributed by atoms with Crippen molar-refractivity contribution < 1.29 is 17.6 Å². The Bertz CT molecular complexity index is 787. The van der Waals surface area contributed by atoms with E-state index in [1.54, 1.807) is 0 Å². The van der Waals surface area contributed by atoms with Crippen molar-refractivity contribution in [3.05, 3.63) is 70.8 Å². The Kier molecular flexibility index (Phi) is 4.92. The van der Waals surface area contributed by atoms with E-state index >= 15 is 0 Å². The number of hydrogen-bond acceptors (Lipinski definition) is 1. The van der Waals surface area contributed by atoms with Gasteiger partial charge in [-0.05, 0) is 36.8 Å². The molecule has 0 amide bonds. The van der Waals surface area contributed by atoms with Crippen molar-refractivity contribution in [3.8, 4) is 0 Å². The summed E-state index contributed by atoms with van der Waals surface area (Å²) in [5.74, 6) is -2.13. The first-order chi connectivity index (χ1) is 12.0. The molecule has 0 aliphatic heterocycles. The highest BCUT2D eigenvalue weighted by Gasteiger charge is 2.42. The van der Waals surface area contributed by atoms with Gasteiger partial charge in [-0.1, -0.05) is 6.07 Å². The molecule has 2 unspecified atom stereocenters. The molecular formula is C18H17F4N3. The second kappa shape index (κ2) is 7.13. The predicted molar refractivity (Wildman–Crippen MR) is 87.2 cm³/mol. The van der Waals surface area contributed by atoms with Gasteiger partial charge in [0.1, 0.15) is 23.3 Å². The van der Waals surface area contributed by atoms with E-state index in [1.165, 1.54) is 25.2 Å². The monoisotopic (exact) mass is 351 g/mol. The van der Waals surface area contributed by atoms with Crippen LogP contribution >= 0.6 is 0 Å². The molecule has 25 heavy (non-hydrogen) atoms. The highest BCUT2D eigenvalue weighted by molar-refractivity contribution is 5.80. The van der Waals surface area contributed by atoms with E-state index in [1.807, 2.05) is 0 Å². The van der Waals surface area contributed by atoms with Crippen molar-refractivity contribution in [2.24, 2.45) is 4.99 Å². The molecule has 2 atom stereocenters. The van der Waals surface area contributed by atoms with Crippen LogP contribution in [0.5, 0.6) is 0 Å². The average molecular weight is 351 g/mol. The maximum Gasteiger partial charge on any atom is 0.191 e. The van der Waals surface area contributed by atoms with E-state index in [-0.39, 0.29) is 29.6 Å². The van der Waals surface area contributed by atoms with Gasteiger partial charge in [-0.25, -0.2) is 17.6 Å². The quantitative estimate of drug-likeness (QED) is 0.503. The van der Waals surface area contributed by atoms with Crippen LogP contribution in [0, 0.1) is 23.3 Å². The first-order valence-electron chi connectivity index (χ1n) is 7.84. The van der Waals surface area contributed by atoms with Crippen molar-refractivity contribution in [2.75, 3.05) is 7.05 Å². The lowest BCUT2D eigenvalue weighted by Gasteiger charge is -2.13. The Morgan fingerprint density at radius 1 is 1.08 bits per heavy atom. The average Bonchev–Trinajstić information content (AvgIpc) is 3.33. The van der Waals surface area contributed by atoms with Crippen molar-refractivity contribution in [1.29, 1.82) is 0 Å². The normalized spacial score (nSPS) is 19.6. The zero-order chi connectivity index (χ0) is 18.0. The number of nitrogens with one attached hydrogen (secondary N) is 2. The lowest BCUT2D eigenvalue weighted by molar-refractivity contribution is 0.553. The minimum Gasteiger partial charge on any atom is -0.353 e. The number of guanidine groups is 1. The molecule has 2 aromatic carbocycles. The molecule has 2 aromatic rings. The Hall–Kier alpha value is -2.57. The van der Waals surface area contributed by atoms with Crippen LogP contribution < -0.4 is 10.6 Å². The number of rotatable bonds is 4. The summed E-state index contributed by atoms with van der Waals surface area (Å²) in [6.07, 6.45) is 0.562. The Balaban J connectivity index is 1.60. The molecule has 1 aliphatic rings. The van der Waals surface area contributed by atoms with Gasteiger partial charge in [-0.15, -0.1) is 0 Å². The molecule has 0 radical (unpaired) electrons. The molecule has 7 heteroatoms. The van der Waals surface area contributed by atoms with Crippen molar-refractivity contribution in [2.45, 2.75) is 24.9 Å². The summed E-state index contributed by atoms with van der Waals surface area (Å²) in [7, 11) is 1.53. The number of hydrogen-bond donors (Lipinski definition) is 2. The maximum absolute atomic E-state index is 13.8. The Morgan fingerprint density at radius 3 is 2.48 bits per heavy atom. The Morgan fingerprint density at radius 2 is 1.80 bits per heavy atom. The third kappa shape index (κ3) is 3.92. The molecular weight excluding hydrogens is 334 g/mol. The fraction of sp³-hybridized carbons (Fsp3) is 0.278. The van der Waals surface area contributed by atoms with Gasteiger partial charge in [0.25, 0.3) is 0 Å². The smallest absolute Gasteiger partial charge is 0.191 e. The molecule has 132 valence electrons. The van der Waals surface area contributed by atoms with E-state index in [2.05, 4.69) is 15.6 Å². The van der Waals surface area contributed by atoms with E-state index in [4.69, 9.17) is 0 Å². The van der Waals surface area contributed by atoms with Crippen LogP contribution in [0.1, 0.15) is 23.5 Å². The molecule has 1 aliphatic carbocycles. The lowest BCUT2D eigenvalue weighted by atomic mass is 10.1. The van der Waals surface area contributed by atoms with Crippen molar-refractivity contribution in [1.82, 2.24) is 10.6 Å². The number of benzene rings is 2. The van der Waals surface area contributed by atoms with Gasteiger partial charge in [0, 0.05) is 36.7 Å². The zero-order valence-corrected chi connectivity index (χ0v) is 13.5. The van der Waals surface area contributed by atoms with Crippen LogP contribution in [0.2, 0.25) is 0 Å². The fourth-order valence-electron chi connectivity index (χ4n) is 2.77. The molecule has 0 spiro atoms. The topological polar surface area (TPSA) is 36.4 Å². The van der Waals surface area contributed by atoms with Gasteiger partial charge in [0.15, 0.2) is 5.96 Å². The summed E-state index contributed by atoms with van der Waals surface area (Å²) in [4.78, 5) is 4.00. The second-order valence-electron chi connectivity index (χ2n) is 5.89. The van der Waals surface area contributed by atoms with Gasteiger partial charge in [-0.3, -0.25) is 4.99 Å². The van der Waals surface area contributed by atoms with Crippen LogP contribution in [0.15, 0.2) is 41.4 Å². The molecule has 0 heterocycles. The summed E-state index contributed by atoms with van der Waals surface area (Å²) in [5, 5.41) is 5.91. The highest BCUT2D eigenvalue weighted by atomic mass is 19.1. The summed E-state index contributed by atoms with van der Waals surface area (Å²) < 4.78 is 54.4. The van der Waals surface area contributed by atoms with Crippen LogP contribution in [0.25, 0.3) is 0 Å². The molecule has 1 fully saturated rings. The number of aliphatic imine (C=N–C) groups is 1. The van der Waals surface area contributed by atoms with E-state index in [0.717, 1.165) is 18.2 Å². The first kappa shape index (κ1) is 17.3. The molecule has 0 saturated heterocycles. The Labute approximate surface area is 142 Å². The van der Waals surface area contributed by atoms with E-state index < -0.39 is 23.3 Å². The summed E-state index contributed by atoms with van der Waals surface area (Å²) in [6, 6.07) is 6.82. The molecule has 1 saturated carbocycles. The van der Waals surface area contributed by atoms with Crippen molar-refractivity contribution in [3.63, 3.8) is 0 Å². The summed E-state index contributed by atoms with van der Waals surface area (Å²) >= 11 is 0. The molecule has 0 aromatic heterocycles. The van der Waals surface area contributed by atoms with Crippen LogP contribution in [-0.2, 0) is 6.54 Å². The molecule has 3 rings (SSSR count). The third-order valence-electron chi connectivity index (χ3n) is 4.16. The van der Waals surface area contributed by atoms with E-state index in [0.29, 0.717) is 12.4 Å². The minimum atomic E-state index is -0.570. The van der Waals surface area contributed by atoms with Crippen LogP contribution in [0.3, 0.4) is 0 Å². The molecule has 3 nitrogen and oxygen atoms in total. The van der Waals surface area contributed by atoms with Gasteiger partial charge in [-0.2, -0.15) is 0 Å². The number of halogens is 4. The largest absolute Gasteiger partial charge is 0.353 e. The minimum absolute atomic E-state index is 0.0364. The predicted octanol–water partition coefficient (Wildman–Crippen LogP) is 3.46. The standard InChI is InChI=1S/C18H17F4N3/c1-23-18(24-9-10-7-11(19)5-6-13(10)20)25-16-8-12(16)17-14(21)3-2-4-15(17)22/h2-7,12,16H,8-9H2,1H3,(H2,23,24,25). The lowest BCUT2D eigenvalue weighted by Crippen LogP contribution is -2.38. The molecule has 2 N–H and O–H groups in total. The maximum atomic E-state index is 13.8. The van der Waals surface area contributed by atoms with Gasteiger partial charge in [0.2, 0.25) is 0 Å². The fourth-order valence-corrected chi connectivity index (χ4v) is 2.77. The van der Waals surface area contributed by atoms with Gasteiger partial charge >= 0.3 is 0 Å². The second-order valence-corrected chi connectivity index (χ2v) is 5.89. The van der Waals surface area contributed by atoms with Gasteiger partial charge < -0.3 is 10.6 Å². The van der Waals surface area contributed by atoms with Crippen molar-refractivity contribution >= 4 is 5.96 Å². The van der Waals surface area contributed by atoms with Crippen LogP contribution in [-0.4, -0.2) is 19.0 Å². The SMILES string of the molecule is CN=C(NCc1cc(F)ccc1F)NC1CC1c1c(F)cccc1F. The highest BCUT2D eigenvalue weighted by Crippen LogP contribution is 2.43. The summed E-state index contributed by atoms with van der Waals surface area (Å²) in [5.41, 5.74) is 0.224. The molecule has 0 bridgehead atoms. The number of nitrogens with zero attached hydrogens (tertiary/aromatic N) is 1. The first-order valence-corrected chi connectivity index (χ1v) is 7.84. The van der Waals surface area contributed by atoms with Crippen LogP contribution in [0.4, 0.5) is 17.6 Å². The third-order valence-corrected chi connectivity index (χ3v) is 4.16.